The maximum Gasteiger partial charge on any atom is 0.401 e. The van der Waals surface area contributed by atoms with Crippen LogP contribution in [0.5, 0.6) is 0 Å². The van der Waals surface area contributed by atoms with Gasteiger partial charge in [0.15, 0.2) is 5.96 Å². The van der Waals surface area contributed by atoms with Crippen LogP contribution in [-0.2, 0) is 4.74 Å². The van der Waals surface area contributed by atoms with Gasteiger partial charge in [-0.25, -0.2) is 0 Å². The molecule has 2 unspecified atom stereocenters. The highest BCUT2D eigenvalue weighted by atomic mass is 19.4. The van der Waals surface area contributed by atoms with Gasteiger partial charge in [0.2, 0.25) is 0 Å². The minimum absolute atomic E-state index is 0.00699. The number of guanidine groups is 1. The molecule has 0 aromatic heterocycles. The molecule has 134 valence electrons. The van der Waals surface area contributed by atoms with E-state index in [0.717, 1.165) is 19.4 Å². The molecule has 2 heterocycles. The molecule has 0 aliphatic carbocycles. The lowest BCUT2D eigenvalue weighted by molar-refractivity contribution is -0.143. The van der Waals surface area contributed by atoms with Crippen LogP contribution in [0.3, 0.4) is 0 Å². The van der Waals surface area contributed by atoms with Crippen LogP contribution in [0, 0.1) is 0 Å². The quantitative estimate of drug-likeness (QED) is 0.593. The Bertz CT molecular complexity index is 408. The third kappa shape index (κ3) is 6.18. The van der Waals surface area contributed by atoms with Crippen molar-refractivity contribution >= 4 is 5.96 Å². The first-order chi connectivity index (χ1) is 10.8. The lowest BCUT2D eigenvalue weighted by atomic mass is 10.0. The molecule has 0 bridgehead atoms. The third-order valence-electron chi connectivity index (χ3n) is 4.23. The number of rotatable bonds is 5. The lowest BCUT2D eigenvalue weighted by Gasteiger charge is -2.23. The van der Waals surface area contributed by atoms with Crippen LogP contribution in [0.25, 0.3) is 0 Å². The second kappa shape index (κ2) is 7.70. The Morgan fingerprint density at radius 2 is 2.22 bits per heavy atom. The van der Waals surface area contributed by atoms with E-state index in [1.165, 1.54) is 4.90 Å². The first-order valence-electron chi connectivity index (χ1n) is 8.27. The molecule has 0 aromatic carbocycles. The van der Waals surface area contributed by atoms with Crippen molar-refractivity contribution in [2.75, 3.05) is 39.3 Å². The van der Waals surface area contributed by atoms with Crippen LogP contribution in [0.2, 0.25) is 0 Å². The van der Waals surface area contributed by atoms with Gasteiger partial charge in [0.25, 0.3) is 0 Å². The van der Waals surface area contributed by atoms with Crippen molar-refractivity contribution in [2.45, 2.75) is 50.9 Å². The van der Waals surface area contributed by atoms with E-state index in [1.807, 2.05) is 13.8 Å². The van der Waals surface area contributed by atoms with Gasteiger partial charge in [0.1, 0.15) is 0 Å². The molecule has 0 spiro atoms. The summed E-state index contributed by atoms with van der Waals surface area (Å²) < 4.78 is 43.0. The van der Waals surface area contributed by atoms with E-state index in [1.54, 1.807) is 0 Å². The Morgan fingerprint density at radius 3 is 2.83 bits per heavy atom. The van der Waals surface area contributed by atoms with E-state index in [0.29, 0.717) is 38.6 Å². The maximum atomic E-state index is 12.4. The smallest absolute Gasteiger partial charge is 0.373 e. The third-order valence-corrected chi connectivity index (χ3v) is 4.23. The van der Waals surface area contributed by atoms with E-state index in [2.05, 4.69) is 15.6 Å². The van der Waals surface area contributed by atoms with Gasteiger partial charge in [-0.3, -0.25) is 9.89 Å². The van der Waals surface area contributed by atoms with E-state index in [4.69, 9.17) is 4.74 Å². The second-order valence-electron chi connectivity index (χ2n) is 6.58. The maximum absolute atomic E-state index is 12.4. The largest absolute Gasteiger partial charge is 0.401 e. The second-order valence-corrected chi connectivity index (χ2v) is 6.58. The number of likely N-dealkylation sites (tertiary alicyclic amines) is 1. The van der Waals surface area contributed by atoms with Gasteiger partial charge in [-0.2, -0.15) is 13.2 Å². The Kier molecular flexibility index (Phi) is 6.13. The number of nitrogens with one attached hydrogen (secondary N) is 2. The predicted octanol–water partition coefficient (Wildman–Crippen LogP) is 1.75. The van der Waals surface area contributed by atoms with Crippen LogP contribution < -0.4 is 10.6 Å². The zero-order chi connectivity index (χ0) is 16.9. The molecule has 2 N–H and O–H groups in total. The zero-order valence-electron chi connectivity index (χ0n) is 13.9. The summed E-state index contributed by atoms with van der Waals surface area (Å²) >= 11 is 0. The monoisotopic (exact) mass is 336 g/mol. The van der Waals surface area contributed by atoms with Gasteiger partial charge >= 0.3 is 6.18 Å². The van der Waals surface area contributed by atoms with Crippen LogP contribution in [0.4, 0.5) is 13.2 Å². The highest BCUT2D eigenvalue weighted by molar-refractivity contribution is 5.80. The Labute approximate surface area is 135 Å². The first kappa shape index (κ1) is 18.3. The molecule has 2 saturated heterocycles. The number of aliphatic imine (C=N–C) groups is 1. The Morgan fingerprint density at radius 1 is 1.43 bits per heavy atom. The number of ether oxygens (including phenoxy) is 1. The number of halogens is 3. The van der Waals surface area contributed by atoms with E-state index >= 15 is 0 Å². The van der Waals surface area contributed by atoms with Crippen LogP contribution in [0.1, 0.15) is 33.1 Å². The molecular weight excluding hydrogens is 309 g/mol. The molecule has 2 atom stereocenters. The first-order valence-corrected chi connectivity index (χ1v) is 8.27. The fourth-order valence-corrected chi connectivity index (χ4v) is 3.07. The molecule has 2 aliphatic rings. The van der Waals surface area contributed by atoms with Gasteiger partial charge in [0.05, 0.1) is 18.7 Å². The number of alkyl halides is 3. The Balaban J connectivity index is 1.84. The van der Waals surface area contributed by atoms with Crippen molar-refractivity contribution in [1.29, 1.82) is 0 Å². The summed E-state index contributed by atoms with van der Waals surface area (Å²) in [4.78, 5) is 5.99. The summed E-state index contributed by atoms with van der Waals surface area (Å²) in [5, 5.41) is 6.40. The molecule has 2 rings (SSSR count). The predicted molar refractivity (Wildman–Crippen MR) is 83.6 cm³/mol. The molecule has 0 radical (unpaired) electrons. The van der Waals surface area contributed by atoms with Crippen molar-refractivity contribution in [3.63, 3.8) is 0 Å². The average molecular weight is 336 g/mol. The fourth-order valence-electron chi connectivity index (χ4n) is 3.07. The van der Waals surface area contributed by atoms with E-state index in [9.17, 15) is 13.2 Å². The van der Waals surface area contributed by atoms with Crippen molar-refractivity contribution in [1.82, 2.24) is 15.5 Å². The summed E-state index contributed by atoms with van der Waals surface area (Å²) in [5.74, 6) is 0.656. The number of nitrogens with zero attached hydrogens (tertiary/aromatic N) is 2. The zero-order valence-corrected chi connectivity index (χ0v) is 13.9. The molecule has 23 heavy (non-hydrogen) atoms. The summed E-state index contributed by atoms with van der Waals surface area (Å²) in [6.07, 6.45) is -1.42. The standard InChI is InChI=1S/C15H27F3N4O/c1-3-19-13(20-10-14(2)6-4-8-23-14)21-12-5-7-22(9-12)11-15(16,17)18/h12H,3-11H2,1-2H3,(H2,19,20,21). The lowest BCUT2D eigenvalue weighted by Crippen LogP contribution is -2.46. The SMILES string of the molecule is CCNC(=NCC1(C)CCCO1)NC1CCN(CC(F)(F)F)C1. The van der Waals surface area contributed by atoms with Gasteiger partial charge in [-0.05, 0) is 33.1 Å². The average Bonchev–Trinajstić information content (AvgIpc) is 3.05. The minimum atomic E-state index is -4.14. The topological polar surface area (TPSA) is 48.9 Å². The summed E-state index contributed by atoms with van der Waals surface area (Å²) in [5.41, 5.74) is -0.222. The van der Waals surface area contributed by atoms with Gasteiger partial charge in [0, 0.05) is 32.3 Å². The Hall–Kier alpha value is -1.02. The fraction of sp³-hybridized carbons (Fsp3) is 0.933. The molecule has 2 aliphatic heterocycles. The molecule has 0 aromatic rings. The van der Waals surface area contributed by atoms with Gasteiger partial charge < -0.3 is 15.4 Å². The van der Waals surface area contributed by atoms with Gasteiger partial charge in [-0.1, -0.05) is 0 Å². The summed E-state index contributed by atoms with van der Waals surface area (Å²) in [6.45, 7) is 6.05. The normalized spacial score (nSPS) is 30.0. The highest BCUT2D eigenvalue weighted by Crippen LogP contribution is 2.25. The minimum Gasteiger partial charge on any atom is -0.373 e. The molecule has 5 nitrogen and oxygen atoms in total. The molecule has 0 saturated carbocycles. The van der Waals surface area contributed by atoms with E-state index in [-0.39, 0.29) is 11.6 Å². The number of hydrogen-bond donors (Lipinski definition) is 2. The summed E-state index contributed by atoms with van der Waals surface area (Å²) in [6, 6.07) is -0.00699. The van der Waals surface area contributed by atoms with Crippen LogP contribution in [-0.4, -0.2) is 68.0 Å². The van der Waals surface area contributed by atoms with Crippen LogP contribution >= 0.6 is 0 Å². The van der Waals surface area contributed by atoms with Crippen molar-refractivity contribution in [3.05, 3.63) is 0 Å². The molecule has 8 heteroatoms. The van der Waals surface area contributed by atoms with Crippen molar-refractivity contribution in [3.8, 4) is 0 Å². The van der Waals surface area contributed by atoms with Crippen molar-refractivity contribution in [2.24, 2.45) is 4.99 Å². The van der Waals surface area contributed by atoms with Crippen molar-refractivity contribution < 1.29 is 17.9 Å². The number of hydrogen-bond acceptors (Lipinski definition) is 3. The van der Waals surface area contributed by atoms with Gasteiger partial charge in [-0.15, -0.1) is 0 Å². The molecule has 0 amide bonds. The molecule has 2 fully saturated rings. The summed E-state index contributed by atoms with van der Waals surface area (Å²) in [7, 11) is 0. The highest BCUT2D eigenvalue weighted by Gasteiger charge is 2.34. The molecular formula is C15H27F3N4O. The van der Waals surface area contributed by atoms with E-state index < -0.39 is 12.7 Å². The van der Waals surface area contributed by atoms with Crippen LogP contribution in [0.15, 0.2) is 4.99 Å².